The first-order valence-electron chi connectivity index (χ1n) is 6.29. The van der Waals surface area contributed by atoms with E-state index < -0.39 is 0 Å². The maximum Gasteiger partial charge on any atom is 0.219 e. The van der Waals surface area contributed by atoms with Crippen LogP contribution in [0.3, 0.4) is 0 Å². The van der Waals surface area contributed by atoms with Gasteiger partial charge in [-0.1, -0.05) is 0 Å². The van der Waals surface area contributed by atoms with Crippen LogP contribution in [0.2, 0.25) is 0 Å². The molecule has 6 heteroatoms. The van der Waals surface area contributed by atoms with E-state index in [1.54, 1.807) is 13.1 Å². The maximum absolute atomic E-state index is 11.2. The van der Waals surface area contributed by atoms with Crippen LogP contribution in [0.5, 0.6) is 0 Å². The molecule has 1 aliphatic heterocycles. The number of piperidine rings is 1. The maximum atomic E-state index is 11.2. The number of aromatic nitrogens is 1. The molecule has 1 saturated heterocycles. The van der Waals surface area contributed by atoms with Gasteiger partial charge in [-0.25, -0.2) is 4.98 Å². The van der Waals surface area contributed by atoms with Crippen molar-refractivity contribution in [2.45, 2.75) is 25.7 Å². The SMILES string of the molecule is CC(=O)N1CCC(c2ncc(/C(N)=C/C=N)o2)CC1. The van der Waals surface area contributed by atoms with Gasteiger partial charge in [0.05, 0.1) is 11.9 Å². The van der Waals surface area contributed by atoms with Crippen molar-refractivity contribution in [3.05, 3.63) is 23.9 Å². The number of hydrogen-bond donors (Lipinski definition) is 2. The molecule has 2 rings (SSSR count). The number of likely N-dealkylation sites (tertiary alicyclic amines) is 1. The molecule has 6 nitrogen and oxygen atoms in total. The fraction of sp³-hybridized carbons (Fsp3) is 0.462. The van der Waals surface area contributed by atoms with Gasteiger partial charge in [-0.2, -0.15) is 0 Å². The van der Waals surface area contributed by atoms with Crippen molar-refractivity contribution in [1.29, 1.82) is 5.41 Å². The van der Waals surface area contributed by atoms with Crippen LogP contribution >= 0.6 is 0 Å². The molecular weight excluding hydrogens is 244 g/mol. The van der Waals surface area contributed by atoms with Gasteiger partial charge in [-0.3, -0.25) is 4.79 Å². The minimum Gasteiger partial charge on any atom is -0.439 e. The third-order valence-electron chi connectivity index (χ3n) is 3.36. The van der Waals surface area contributed by atoms with E-state index in [4.69, 9.17) is 15.6 Å². The zero-order chi connectivity index (χ0) is 13.8. The Morgan fingerprint density at radius 1 is 1.58 bits per heavy atom. The lowest BCUT2D eigenvalue weighted by atomic mass is 9.97. The molecule has 1 aromatic rings. The van der Waals surface area contributed by atoms with Crippen LogP contribution in [-0.4, -0.2) is 35.1 Å². The smallest absolute Gasteiger partial charge is 0.219 e. The number of nitrogens with one attached hydrogen (secondary N) is 1. The monoisotopic (exact) mass is 262 g/mol. The molecule has 3 N–H and O–H groups in total. The third kappa shape index (κ3) is 3.01. The third-order valence-corrected chi connectivity index (χ3v) is 3.36. The number of rotatable bonds is 3. The number of nitrogens with two attached hydrogens (primary N) is 1. The highest BCUT2D eigenvalue weighted by Crippen LogP contribution is 2.28. The Hall–Kier alpha value is -2.11. The van der Waals surface area contributed by atoms with E-state index in [9.17, 15) is 4.79 Å². The second-order valence-corrected chi connectivity index (χ2v) is 4.63. The summed E-state index contributed by atoms with van der Waals surface area (Å²) in [6.45, 7) is 3.07. The highest BCUT2D eigenvalue weighted by atomic mass is 16.4. The average Bonchev–Trinajstić information content (AvgIpc) is 2.89. The van der Waals surface area contributed by atoms with Crippen LogP contribution < -0.4 is 5.73 Å². The number of carbonyl (C=O) groups excluding carboxylic acids is 1. The van der Waals surface area contributed by atoms with Gasteiger partial charge in [0.2, 0.25) is 5.91 Å². The zero-order valence-corrected chi connectivity index (χ0v) is 10.9. The fourth-order valence-electron chi connectivity index (χ4n) is 2.22. The first-order chi connectivity index (χ1) is 9.11. The number of amides is 1. The molecular formula is C13H18N4O2. The Bertz CT molecular complexity index is 498. The summed E-state index contributed by atoms with van der Waals surface area (Å²) in [6, 6.07) is 0. The van der Waals surface area contributed by atoms with E-state index in [1.165, 1.54) is 6.08 Å². The molecule has 1 aliphatic rings. The summed E-state index contributed by atoms with van der Waals surface area (Å²) in [7, 11) is 0. The van der Waals surface area contributed by atoms with Crippen LogP contribution in [0.1, 0.15) is 37.3 Å². The largest absolute Gasteiger partial charge is 0.439 e. The van der Waals surface area contributed by atoms with Crippen molar-refractivity contribution in [2.24, 2.45) is 5.73 Å². The minimum atomic E-state index is 0.115. The molecule has 0 bridgehead atoms. The lowest BCUT2D eigenvalue weighted by Gasteiger charge is -2.29. The molecule has 2 heterocycles. The molecule has 0 spiro atoms. The molecule has 0 atom stereocenters. The summed E-state index contributed by atoms with van der Waals surface area (Å²) in [4.78, 5) is 17.3. The summed E-state index contributed by atoms with van der Waals surface area (Å²) in [5, 5.41) is 6.97. The highest BCUT2D eigenvalue weighted by Gasteiger charge is 2.25. The summed E-state index contributed by atoms with van der Waals surface area (Å²) >= 11 is 0. The van der Waals surface area contributed by atoms with Gasteiger partial charge in [0.1, 0.15) is 0 Å². The first-order valence-corrected chi connectivity index (χ1v) is 6.29. The molecule has 102 valence electrons. The number of carbonyl (C=O) groups is 1. The molecule has 1 amide bonds. The molecule has 1 aromatic heterocycles. The number of hydrogen-bond acceptors (Lipinski definition) is 5. The fourth-order valence-corrected chi connectivity index (χ4v) is 2.22. The number of nitrogens with zero attached hydrogens (tertiary/aromatic N) is 2. The summed E-state index contributed by atoms with van der Waals surface area (Å²) < 4.78 is 5.62. The van der Waals surface area contributed by atoms with Crippen LogP contribution in [0, 0.1) is 5.41 Å². The van der Waals surface area contributed by atoms with Crippen molar-refractivity contribution in [3.63, 3.8) is 0 Å². The predicted octanol–water partition coefficient (Wildman–Crippen LogP) is 1.35. The second-order valence-electron chi connectivity index (χ2n) is 4.63. The molecule has 0 saturated carbocycles. The quantitative estimate of drug-likeness (QED) is 0.803. The van der Waals surface area contributed by atoms with E-state index in [0.717, 1.165) is 32.1 Å². The minimum absolute atomic E-state index is 0.115. The van der Waals surface area contributed by atoms with Crippen LogP contribution in [0.15, 0.2) is 16.7 Å². The van der Waals surface area contributed by atoms with Crippen molar-refractivity contribution in [3.8, 4) is 0 Å². The van der Waals surface area contributed by atoms with E-state index in [0.29, 0.717) is 17.3 Å². The standard InChI is InChI=1S/C13H18N4O2/c1-9(18)17-6-3-10(4-7-17)13-16-8-12(19-13)11(15)2-5-14/h2,5,8,10,14H,3-4,6-7,15H2,1H3/b11-2-,14-5?. The van der Waals surface area contributed by atoms with Crippen molar-refractivity contribution >= 4 is 17.8 Å². The lowest BCUT2D eigenvalue weighted by Crippen LogP contribution is -2.36. The Labute approximate surface area is 111 Å². The lowest BCUT2D eigenvalue weighted by molar-refractivity contribution is -0.129. The van der Waals surface area contributed by atoms with Gasteiger partial charge in [-0.15, -0.1) is 0 Å². The summed E-state index contributed by atoms with van der Waals surface area (Å²) in [6.07, 6.45) is 5.87. The molecule has 1 fully saturated rings. The first kappa shape index (κ1) is 13.3. The molecule has 0 unspecified atom stereocenters. The van der Waals surface area contributed by atoms with Crippen LogP contribution in [0.25, 0.3) is 5.70 Å². The molecule has 19 heavy (non-hydrogen) atoms. The van der Waals surface area contributed by atoms with E-state index in [1.807, 2.05) is 4.90 Å². The van der Waals surface area contributed by atoms with Crippen LogP contribution in [-0.2, 0) is 4.79 Å². The van der Waals surface area contributed by atoms with Crippen molar-refractivity contribution < 1.29 is 9.21 Å². The van der Waals surface area contributed by atoms with Crippen molar-refractivity contribution in [2.75, 3.05) is 13.1 Å². The Morgan fingerprint density at radius 3 is 2.84 bits per heavy atom. The van der Waals surface area contributed by atoms with Gasteiger partial charge < -0.3 is 20.5 Å². The molecule has 0 radical (unpaired) electrons. The van der Waals surface area contributed by atoms with E-state index >= 15 is 0 Å². The Kier molecular flexibility index (Phi) is 3.99. The molecule has 0 aromatic carbocycles. The Morgan fingerprint density at radius 2 is 2.26 bits per heavy atom. The summed E-state index contributed by atoms with van der Waals surface area (Å²) in [5.41, 5.74) is 6.13. The van der Waals surface area contributed by atoms with Crippen LogP contribution in [0.4, 0.5) is 0 Å². The Balaban J connectivity index is 2.02. The van der Waals surface area contributed by atoms with Gasteiger partial charge in [0, 0.05) is 32.1 Å². The number of allylic oxidation sites excluding steroid dienone is 1. The van der Waals surface area contributed by atoms with Crippen molar-refractivity contribution in [1.82, 2.24) is 9.88 Å². The second kappa shape index (κ2) is 5.69. The zero-order valence-electron chi connectivity index (χ0n) is 10.9. The number of oxazole rings is 1. The van der Waals surface area contributed by atoms with E-state index in [-0.39, 0.29) is 11.8 Å². The van der Waals surface area contributed by atoms with E-state index in [2.05, 4.69) is 4.98 Å². The normalized spacial score (nSPS) is 17.5. The molecule has 0 aliphatic carbocycles. The van der Waals surface area contributed by atoms with Gasteiger partial charge in [0.15, 0.2) is 11.7 Å². The predicted molar refractivity (Wildman–Crippen MR) is 71.7 cm³/mol. The average molecular weight is 262 g/mol. The van der Waals surface area contributed by atoms with Gasteiger partial charge in [-0.05, 0) is 18.9 Å². The highest BCUT2D eigenvalue weighted by molar-refractivity contribution is 5.80. The topological polar surface area (TPSA) is 96.2 Å². The van der Waals surface area contributed by atoms with Gasteiger partial charge in [0.25, 0.3) is 0 Å². The summed E-state index contributed by atoms with van der Waals surface area (Å²) in [5.74, 6) is 1.51. The van der Waals surface area contributed by atoms with Gasteiger partial charge >= 0.3 is 0 Å².